The molecule has 4 unspecified atom stereocenters. The van der Waals surface area contributed by atoms with Gasteiger partial charge in [0.1, 0.15) is 0 Å². The molecular formula is C17H30N2O2. The van der Waals surface area contributed by atoms with Crippen molar-refractivity contribution in [2.24, 2.45) is 16.7 Å². The third-order valence-electron chi connectivity index (χ3n) is 6.94. The number of nitrogens with one attached hydrogen (secondary N) is 1. The number of amides is 1. The highest BCUT2D eigenvalue weighted by molar-refractivity contribution is 5.81. The monoisotopic (exact) mass is 294 g/mol. The van der Waals surface area contributed by atoms with Crippen molar-refractivity contribution in [1.29, 1.82) is 0 Å². The van der Waals surface area contributed by atoms with Gasteiger partial charge in [-0.3, -0.25) is 4.79 Å². The number of nitrogens with zero attached hydrogens (tertiary/aromatic N) is 1. The number of morpholine rings is 1. The minimum absolute atomic E-state index is 0.0833. The summed E-state index contributed by atoms with van der Waals surface area (Å²) in [6.45, 7) is 12.1. The average molecular weight is 294 g/mol. The molecule has 2 saturated carbocycles. The van der Waals surface area contributed by atoms with Crippen molar-refractivity contribution in [2.75, 3.05) is 26.3 Å². The van der Waals surface area contributed by atoms with Gasteiger partial charge < -0.3 is 15.0 Å². The largest absolute Gasteiger partial charge is 0.378 e. The zero-order valence-corrected chi connectivity index (χ0v) is 13.9. The fraction of sp³-hybridized carbons (Fsp3) is 0.941. The van der Waals surface area contributed by atoms with Gasteiger partial charge in [-0.1, -0.05) is 20.8 Å². The lowest BCUT2D eigenvalue weighted by Crippen LogP contribution is -2.54. The summed E-state index contributed by atoms with van der Waals surface area (Å²) >= 11 is 0. The molecule has 3 aliphatic rings. The zero-order chi connectivity index (χ0) is 15.3. The Balaban J connectivity index is 1.63. The van der Waals surface area contributed by atoms with E-state index in [1.807, 2.05) is 11.8 Å². The van der Waals surface area contributed by atoms with Gasteiger partial charge in [0.25, 0.3) is 0 Å². The topological polar surface area (TPSA) is 41.6 Å². The zero-order valence-electron chi connectivity index (χ0n) is 13.9. The summed E-state index contributed by atoms with van der Waals surface area (Å²) in [4.78, 5) is 14.5. The molecule has 3 rings (SSSR count). The van der Waals surface area contributed by atoms with Crippen LogP contribution in [0.25, 0.3) is 0 Å². The van der Waals surface area contributed by atoms with Gasteiger partial charge in [0.05, 0.1) is 19.3 Å². The minimum atomic E-state index is -0.0833. The Morgan fingerprint density at radius 3 is 2.48 bits per heavy atom. The van der Waals surface area contributed by atoms with Crippen LogP contribution in [0.3, 0.4) is 0 Å². The first-order valence-corrected chi connectivity index (χ1v) is 8.49. The molecule has 0 radical (unpaired) electrons. The van der Waals surface area contributed by atoms with Gasteiger partial charge in [-0.2, -0.15) is 0 Å². The number of carbonyl (C=O) groups excluding carboxylic acids is 1. The second-order valence-corrected chi connectivity index (χ2v) is 7.99. The van der Waals surface area contributed by atoms with Crippen LogP contribution in [-0.4, -0.2) is 49.2 Å². The van der Waals surface area contributed by atoms with Crippen LogP contribution < -0.4 is 5.32 Å². The minimum Gasteiger partial charge on any atom is -0.378 e. The average Bonchev–Trinajstić information content (AvgIpc) is 2.80. The molecule has 1 N–H and O–H groups in total. The lowest BCUT2D eigenvalue weighted by Gasteiger charge is -2.41. The van der Waals surface area contributed by atoms with E-state index in [1.54, 1.807) is 0 Å². The Bertz CT molecular complexity index is 417. The van der Waals surface area contributed by atoms with Crippen molar-refractivity contribution < 1.29 is 9.53 Å². The van der Waals surface area contributed by atoms with E-state index in [-0.39, 0.29) is 11.9 Å². The van der Waals surface area contributed by atoms with Crippen molar-refractivity contribution in [2.45, 2.75) is 59.0 Å². The van der Waals surface area contributed by atoms with Gasteiger partial charge in [0.15, 0.2) is 0 Å². The highest BCUT2D eigenvalue weighted by Crippen LogP contribution is 2.65. The molecule has 1 heterocycles. The number of hydrogen-bond donors (Lipinski definition) is 1. The number of carbonyl (C=O) groups is 1. The van der Waals surface area contributed by atoms with Gasteiger partial charge in [0.2, 0.25) is 5.91 Å². The smallest absolute Gasteiger partial charge is 0.239 e. The SMILES string of the molecule is CC(NC1CC2CCC1(C)C2(C)C)C(=O)N1CCOCC1. The van der Waals surface area contributed by atoms with E-state index in [9.17, 15) is 4.79 Å². The fourth-order valence-corrected chi connectivity index (χ4v) is 4.89. The van der Waals surface area contributed by atoms with Crippen LogP contribution in [0.5, 0.6) is 0 Å². The molecule has 1 amide bonds. The van der Waals surface area contributed by atoms with Gasteiger partial charge in [-0.15, -0.1) is 0 Å². The van der Waals surface area contributed by atoms with Crippen LogP contribution in [0.4, 0.5) is 0 Å². The molecule has 120 valence electrons. The van der Waals surface area contributed by atoms with Crippen molar-refractivity contribution in [3.8, 4) is 0 Å². The van der Waals surface area contributed by atoms with Crippen molar-refractivity contribution >= 4 is 5.91 Å². The molecule has 4 atom stereocenters. The standard InChI is InChI=1S/C17H30N2O2/c1-12(15(20)19-7-9-21-10-8-19)18-14-11-13-5-6-17(14,4)16(13,2)3/h12-14,18H,5-11H2,1-4H3. The lowest BCUT2D eigenvalue weighted by molar-refractivity contribution is -0.137. The highest BCUT2D eigenvalue weighted by atomic mass is 16.5. The summed E-state index contributed by atoms with van der Waals surface area (Å²) in [6.07, 6.45) is 3.87. The number of rotatable bonds is 3. The Hall–Kier alpha value is -0.610. The first-order valence-electron chi connectivity index (χ1n) is 8.49. The summed E-state index contributed by atoms with van der Waals surface area (Å²) in [6, 6.07) is 0.395. The first kappa shape index (κ1) is 15.3. The molecule has 1 aliphatic heterocycles. The Labute approximate surface area is 128 Å². The van der Waals surface area contributed by atoms with Crippen LogP contribution in [0.2, 0.25) is 0 Å². The number of fused-ring (bicyclic) bond motifs is 2. The molecule has 0 spiro atoms. The van der Waals surface area contributed by atoms with Crippen LogP contribution in [0.15, 0.2) is 0 Å². The quantitative estimate of drug-likeness (QED) is 0.866. The molecule has 4 nitrogen and oxygen atoms in total. The van der Waals surface area contributed by atoms with E-state index in [2.05, 4.69) is 26.1 Å². The molecule has 0 aromatic carbocycles. The molecule has 21 heavy (non-hydrogen) atoms. The fourth-order valence-electron chi connectivity index (χ4n) is 4.89. The molecule has 2 aliphatic carbocycles. The van der Waals surface area contributed by atoms with Crippen LogP contribution >= 0.6 is 0 Å². The molecule has 4 heteroatoms. The van der Waals surface area contributed by atoms with E-state index in [0.29, 0.717) is 30.1 Å². The Morgan fingerprint density at radius 2 is 1.95 bits per heavy atom. The summed E-state index contributed by atoms with van der Waals surface area (Å²) in [5.74, 6) is 1.05. The van der Waals surface area contributed by atoms with E-state index < -0.39 is 0 Å². The van der Waals surface area contributed by atoms with Gasteiger partial charge in [-0.05, 0) is 42.9 Å². The van der Waals surface area contributed by atoms with Gasteiger partial charge in [-0.25, -0.2) is 0 Å². The van der Waals surface area contributed by atoms with Gasteiger partial charge >= 0.3 is 0 Å². The maximum Gasteiger partial charge on any atom is 0.239 e. The molecule has 3 fully saturated rings. The second kappa shape index (κ2) is 5.24. The van der Waals surface area contributed by atoms with Crippen LogP contribution in [0.1, 0.15) is 47.0 Å². The third-order valence-corrected chi connectivity index (χ3v) is 6.94. The highest BCUT2D eigenvalue weighted by Gasteiger charge is 2.61. The molecule has 2 bridgehead atoms. The lowest BCUT2D eigenvalue weighted by atomic mass is 9.69. The maximum atomic E-state index is 12.6. The van der Waals surface area contributed by atoms with Gasteiger partial charge in [0, 0.05) is 19.1 Å². The Morgan fingerprint density at radius 1 is 1.29 bits per heavy atom. The maximum absolute atomic E-state index is 12.6. The second-order valence-electron chi connectivity index (χ2n) is 7.99. The van der Waals surface area contributed by atoms with Crippen LogP contribution in [-0.2, 0) is 9.53 Å². The van der Waals surface area contributed by atoms with E-state index in [4.69, 9.17) is 4.74 Å². The van der Waals surface area contributed by atoms with Crippen LogP contribution in [0, 0.1) is 16.7 Å². The first-order chi connectivity index (χ1) is 9.86. The predicted molar refractivity (Wildman–Crippen MR) is 83.0 cm³/mol. The number of ether oxygens (including phenoxy) is 1. The van der Waals surface area contributed by atoms with E-state index in [1.165, 1.54) is 19.3 Å². The third kappa shape index (κ3) is 2.31. The van der Waals surface area contributed by atoms with Crippen molar-refractivity contribution in [1.82, 2.24) is 10.2 Å². The Kier molecular flexibility index (Phi) is 3.81. The molecule has 0 aromatic heterocycles. The van der Waals surface area contributed by atoms with Crippen molar-refractivity contribution in [3.05, 3.63) is 0 Å². The normalized spacial score (nSPS) is 39.5. The van der Waals surface area contributed by atoms with E-state index in [0.717, 1.165) is 19.0 Å². The summed E-state index contributed by atoms with van der Waals surface area (Å²) < 4.78 is 5.33. The summed E-state index contributed by atoms with van der Waals surface area (Å²) in [5, 5.41) is 3.67. The molecule has 1 saturated heterocycles. The summed E-state index contributed by atoms with van der Waals surface area (Å²) in [5.41, 5.74) is 0.726. The molecular weight excluding hydrogens is 264 g/mol. The summed E-state index contributed by atoms with van der Waals surface area (Å²) in [7, 11) is 0. The number of hydrogen-bond acceptors (Lipinski definition) is 3. The van der Waals surface area contributed by atoms with Crippen molar-refractivity contribution in [3.63, 3.8) is 0 Å². The van der Waals surface area contributed by atoms with E-state index >= 15 is 0 Å². The predicted octanol–water partition coefficient (Wildman–Crippen LogP) is 2.04. The molecule has 0 aromatic rings.